The molecule has 0 fully saturated rings. The summed E-state index contributed by atoms with van der Waals surface area (Å²) in [5.74, 6) is -0.0625. The fourth-order valence-electron chi connectivity index (χ4n) is 4.63. The van der Waals surface area contributed by atoms with Crippen LogP contribution in [0.4, 0.5) is 0 Å². The molecular weight excluding hydrogens is 695 g/mol. The van der Waals surface area contributed by atoms with Gasteiger partial charge >= 0.3 is 0 Å². The van der Waals surface area contributed by atoms with Crippen LogP contribution in [0.2, 0.25) is 19.6 Å². The first-order valence-electron chi connectivity index (χ1n) is 12.9. The van der Waals surface area contributed by atoms with Gasteiger partial charge in [-0.1, -0.05) is 86.9 Å². The van der Waals surface area contributed by atoms with Crippen molar-refractivity contribution in [3.63, 3.8) is 0 Å². The molecule has 0 unspecified atom stereocenters. The number of rotatable bonds is 3. The predicted molar refractivity (Wildman–Crippen MR) is 168 cm³/mol. The molecule has 3 aromatic carbocycles. The number of hydrogen-bond acceptors (Lipinski definition) is 4. The summed E-state index contributed by atoms with van der Waals surface area (Å²) in [7, 11) is -1.35. The van der Waals surface area contributed by atoms with Crippen LogP contribution in [0, 0.1) is 6.07 Å². The SMILES string of the molecule is CC(=O)/C=C(/C)O.CC(C)(C)c1cc(-c2nccc3c2sc2cc([Si](C)(C)C)ccc23)[c-]c2ccccc12.[Ir]. The zero-order valence-electron chi connectivity index (χ0n) is 23.9. The van der Waals surface area contributed by atoms with Gasteiger partial charge in [-0.25, -0.2) is 0 Å². The first kappa shape index (κ1) is 30.9. The Hall–Kier alpha value is -2.63. The van der Waals surface area contributed by atoms with E-state index < -0.39 is 8.07 Å². The molecule has 6 heteroatoms. The molecule has 0 aliphatic rings. The molecule has 5 aromatic rings. The Balaban J connectivity index is 0.000000468. The van der Waals surface area contributed by atoms with E-state index in [1.54, 1.807) is 0 Å². The van der Waals surface area contributed by atoms with E-state index in [1.165, 1.54) is 56.2 Å². The van der Waals surface area contributed by atoms with Crippen molar-refractivity contribution in [3.8, 4) is 11.3 Å². The summed E-state index contributed by atoms with van der Waals surface area (Å²) >= 11 is 1.87. The minimum absolute atomic E-state index is 0. The van der Waals surface area contributed by atoms with Crippen LogP contribution in [0.15, 0.2) is 72.6 Å². The van der Waals surface area contributed by atoms with Crippen LogP contribution in [0.5, 0.6) is 0 Å². The molecule has 0 aliphatic carbocycles. The van der Waals surface area contributed by atoms with Crippen LogP contribution < -0.4 is 5.19 Å². The number of hydrogen-bond donors (Lipinski definition) is 1. The number of carbonyl (C=O) groups is 1. The Bertz CT molecular complexity index is 1690. The first-order valence-corrected chi connectivity index (χ1v) is 17.2. The van der Waals surface area contributed by atoms with Crippen LogP contribution in [-0.4, -0.2) is 23.9 Å². The molecule has 0 spiro atoms. The van der Waals surface area contributed by atoms with E-state index in [9.17, 15) is 4.79 Å². The number of thiophene rings is 1. The third kappa shape index (κ3) is 6.93. The maximum atomic E-state index is 10.0. The smallest absolute Gasteiger partial charge is 0.155 e. The summed E-state index contributed by atoms with van der Waals surface area (Å²) in [5.41, 5.74) is 3.53. The quantitative estimate of drug-likeness (QED) is 0.0874. The van der Waals surface area contributed by atoms with Gasteiger partial charge in [-0.15, -0.1) is 40.5 Å². The minimum Gasteiger partial charge on any atom is -0.512 e. The molecule has 0 aliphatic heterocycles. The average molecular weight is 731 g/mol. The Morgan fingerprint density at radius 1 is 0.974 bits per heavy atom. The van der Waals surface area contributed by atoms with Gasteiger partial charge in [0.2, 0.25) is 0 Å². The molecule has 205 valence electrons. The molecule has 0 amide bonds. The van der Waals surface area contributed by atoms with Crippen molar-refractivity contribution in [2.24, 2.45) is 0 Å². The second-order valence-electron chi connectivity index (χ2n) is 11.9. The number of benzene rings is 3. The van der Waals surface area contributed by atoms with Gasteiger partial charge in [-0.3, -0.25) is 9.78 Å². The van der Waals surface area contributed by atoms with Gasteiger partial charge in [0.15, 0.2) is 5.78 Å². The minimum atomic E-state index is -1.35. The van der Waals surface area contributed by atoms with E-state index in [-0.39, 0.29) is 37.1 Å². The number of ketones is 1. The molecule has 2 aromatic heterocycles. The van der Waals surface area contributed by atoms with Crippen molar-refractivity contribution in [1.82, 2.24) is 4.98 Å². The average Bonchev–Trinajstić information content (AvgIpc) is 3.20. The molecule has 3 nitrogen and oxygen atoms in total. The van der Waals surface area contributed by atoms with E-state index in [1.807, 2.05) is 17.5 Å². The second kappa shape index (κ2) is 11.9. The first-order chi connectivity index (χ1) is 17.8. The van der Waals surface area contributed by atoms with Crippen molar-refractivity contribution in [3.05, 3.63) is 84.3 Å². The zero-order chi connectivity index (χ0) is 27.8. The Labute approximate surface area is 250 Å². The van der Waals surface area contributed by atoms with E-state index in [4.69, 9.17) is 10.1 Å². The standard InChI is InChI=1S/C28H28NSSi.C5H8O2.Ir/c1-28(2,3)24-16-19(15-18-9-7-8-10-21(18)24)26-27-23(13-14-29-26)22-12-11-20(31(4,5)6)17-25(22)30-27;1-4(6)3-5(2)7;/h7-14,16-17H,1-6H3;3,6H,1-2H3;/q-1;;/b;4-3-;. The van der Waals surface area contributed by atoms with Crippen molar-refractivity contribution >= 4 is 61.3 Å². The number of carbonyl (C=O) groups excluding carboxylic acids is 1. The topological polar surface area (TPSA) is 50.2 Å². The maximum absolute atomic E-state index is 10.0. The molecule has 0 bridgehead atoms. The van der Waals surface area contributed by atoms with Crippen LogP contribution >= 0.6 is 11.3 Å². The maximum Gasteiger partial charge on any atom is 0.155 e. The third-order valence-electron chi connectivity index (χ3n) is 6.50. The number of aliphatic hydroxyl groups excluding tert-OH is 1. The van der Waals surface area contributed by atoms with E-state index in [0.717, 1.165) is 16.6 Å². The Kier molecular flexibility index (Phi) is 9.39. The van der Waals surface area contributed by atoms with Gasteiger partial charge in [0, 0.05) is 47.5 Å². The number of fused-ring (bicyclic) bond motifs is 4. The van der Waals surface area contributed by atoms with Crippen LogP contribution in [-0.2, 0) is 30.3 Å². The van der Waals surface area contributed by atoms with Crippen molar-refractivity contribution < 1.29 is 30.0 Å². The molecule has 1 radical (unpaired) electrons. The number of aromatic nitrogens is 1. The predicted octanol–water partition coefficient (Wildman–Crippen LogP) is 8.95. The largest absolute Gasteiger partial charge is 0.512 e. The van der Waals surface area contributed by atoms with Gasteiger partial charge in [0.05, 0.1) is 13.8 Å². The molecular formula is C33H36IrNO2SSi-. The van der Waals surface area contributed by atoms with E-state index in [2.05, 4.69) is 101 Å². The van der Waals surface area contributed by atoms with Crippen LogP contribution in [0.3, 0.4) is 0 Å². The van der Waals surface area contributed by atoms with Gasteiger partial charge in [0.25, 0.3) is 0 Å². The summed E-state index contributed by atoms with van der Waals surface area (Å²) in [6.45, 7) is 16.9. The summed E-state index contributed by atoms with van der Waals surface area (Å²) in [6.07, 6.45) is 3.12. The molecule has 39 heavy (non-hydrogen) atoms. The molecule has 0 atom stereocenters. The fourth-order valence-corrected chi connectivity index (χ4v) is 7.14. The van der Waals surface area contributed by atoms with E-state index in [0.29, 0.717) is 0 Å². The zero-order valence-corrected chi connectivity index (χ0v) is 28.1. The Morgan fingerprint density at radius 3 is 2.26 bits per heavy atom. The van der Waals surface area contributed by atoms with Gasteiger partial charge in [-0.2, -0.15) is 0 Å². The summed E-state index contributed by atoms with van der Waals surface area (Å²) in [5, 5.41) is 14.9. The monoisotopic (exact) mass is 731 g/mol. The molecule has 0 saturated carbocycles. The van der Waals surface area contributed by atoms with Gasteiger partial charge in [-0.05, 0) is 42.2 Å². The Morgan fingerprint density at radius 2 is 1.67 bits per heavy atom. The molecule has 0 saturated heterocycles. The van der Waals surface area contributed by atoms with Crippen LogP contribution in [0.25, 0.3) is 42.2 Å². The van der Waals surface area contributed by atoms with E-state index >= 15 is 0 Å². The van der Waals surface area contributed by atoms with Crippen LogP contribution in [0.1, 0.15) is 40.2 Å². The summed E-state index contributed by atoms with van der Waals surface area (Å²) < 4.78 is 2.62. The summed E-state index contributed by atoms with van der Waals surface area (Å²) in [4.78, 5) is 14.9. The number of nitrogens with zero attached hydrogens (tertiary/aromatic N) is 1. The second-order valence-corrected chi connectivity index (χ2v) is 18.0. The molecule has 5 rings (SSSR count). The van der Waals surface area contributed by atoms with Gasteiger partial charge in [0.1, 0.15) is 0 Å². The molecule has 1 N–H and O–H groups in total. The van der Waals surface area contributed by atoms with Crippen molar-refractivity contribution in [1.29, 1.82) is 0 Å². The fraction of sp³-hybridized carbons (Fsp3) is 0.273. The number of aliphatic hydroxyl groups is 1. The van der Waals surface area contributed by atoms with Crippen molar-refractivity contribution in [2.45, 2.75) is 59.7 Å². The van der Waals surface area contributed by atoms with Crippen molar-refractivity contribution in [2.75, 3.05) is 0 Å². The number of pyridine rings is 1. The van der Waals surface area contributed by atoms with Gasteiger partial charge < -0.3 is 5.11 Å². The third-order valence-corrected chi connectivity index (χ3v) is 9.72. The summed E-state index contributed by atoms with van der Waals surface area (Å²) in [6, 6.07) is 23.8. The molecule has 2 heterocycles. The number of allylic oxidation sites excluding steroid dienone is 2. The normalized spacial score (nSPS) is 12.3.